The number of phenolic OH excluding ortho intramolecular Hbond substituents is 1. The molecule has 0 aliphatic heterocycles. The van der Waals surface area contributed by atoms with Crippen LogP contribution in [0.1, 0.15) is 58.0 Å². The average Bonchev–Trinajstić information content (AvgIpc) is 3.51. The molecule has 3 heterocycles. The van der Waals surface area contributed by atoms with E-state index in [4.69, 9.17) is 9.84 Å². The van der Waals surface area contributed by atoms with Gasteiger partial charge in [-0.05, 0) is 49.8 Å². The van der Waals surface area contributed by atoms with E-state index in [0.29, 0.717) is 22.8 Å². The van der Waals surface area contributed by atoms with E-state index in [0.717, 1.165) is 28.9 Å². The molecule has 1 aromatic carbocycles. The molecule has 0 saturated carbocycles. The van der Waals surface area contributed by atoms with Crippen molar-refractivity contribution in [3.63, 3.8) is 0 Å². The molecule has 0 aliphatic rings. The van der Waals surface area contributed by atoms with Crippen LogP contribution in [-0.4, -0.2) is 45.1 Å². The minimum Gasteiger partial charge on any atom is -0.508 e. The number of aromatic hydroxyl groups is 1. The number of benzene rings is 1. The molecule has 0 radical (unpaired) electrons. The first-order chi connectivity index (χ1) is 16.3. The number of nitrogens with zero attached hydrogens (tertiary/aromatic N) is 5. The maximum absolute atomic E-state index is 10.1. The van der Waals surface area contributed by atoms with Gasteiger partial charge < -0.3 is 14.7 Å². The quantitative estimate of drug-likeness (QED) is 0.382. The number of hydrogen-bond donors (Lipinski definition) is 1. The van der Waals surface area contributed by atoms with Crippen LogP contribution in [-0.2, 0) is 5.41 Å². The first-order valence-electron chi connectivity index (χ1n) is 11.8. The van der Waals surface area contributed by atoms with Crippen LogP contribution >= 0.6 is 11.3 Å². The van der Waals surface area contributed by atoms with Gasteiger partial charge in [-0.25, -0.2) is 0 Å². The lowest BCUT2D eigenvalue weighted by Crippen LogP contribution is -2.22. The third kappa shape index (κ3) is 4.59. The lowest BCUT2D eigenvalue weighted by Gasteiger charge is -2.20. The average molecular weight is 480 g/mol. The highest BCUT2D eigenvalue weighted by molar-refractivity contribution is 7.16. The molecular formula is C26H33N5O2S. The van der Waals surface area contributed by atoms with Gasteiger partial charge >= 0.3 is 0 Å². The number of thiophene rings is 1. The normalized spacial score (nSPS) is 12.6. The Morgan fingerprint density at radius 2 is 1.94 bits per heavy atom. The van der Waals surface area contributed by atoms with Crippen LogP contribution in [0.3, 0.4) is 0 Å². The highest BCUT2D eigenvalue weighted by atomic mass is 32.1. The molecule has 0 spiro atoms. The fourth-order valence-electron chi connectivity index (χ4n) is 4.03. The number of aromatic nitrogens is 4. The zero-order valence-electron chi connectivity index (χ0n) is 20.8. The second-order valence-corrected chi connectivity index (χ2v) is 10.5. The molecule has 3 aromatic heterocycles. The van der Waals surface area contributed by atoms with Crippen molar-refractivity contribution in [2.45, 2.75) is 52.9 Å². The number of anilines is 1. The Morgan fingerprint density at radius 1 is 1.15 bits per heavy atom. The van der Waals surface area contributed by atoms with Crippen molar-refractivity contribution in [2.75, 3.05) is 25.1 Å². The van der Waals surface area contributed by atoms with Gasteiger partial charge in [0.15, 0.2) is 11.5 Å². The fraction of sp³-hybridized carbons (Fsp3) is 0.423. The van der Waals surface area contributed by atoms with Gasteiger partial charge in [0.2, 0.25) is 0 Å². The summed E-state index contributed by atoms with van der Waals surface area (Å²) in [7, 11) is 1.60. The molecule has 0 bridgehead atoms. The van der Waals surface area contributed by atoms with Crippen molar-refractivity contribution in [1.82, 2.24) is 19.8 Å². The molecule has 0 amide bonds. The van der Waals surface area contributed by atoms with Gasteiger partial charge in [0.1, 0.15) is 11.5 Å². The van der Waals surface area contributed by atoms with Crippen molar-refractivity contribution < 1.29 is 9.84 Å². The maximum atomic E-state index is 10.1. The van der Waals surface area contributed by atoms with Crippen LogP contribution in [0.2, 0.25) is 0 Å². The minimum absolute atomic E-state index is 0.136. The molecule has 4 rings (SSSR count). The van der Waals surface area contributed by atoms with Gasteiger partial charge in [0, 0.05) is 28.6 Å². The van der Waals surface area contributed by atoms with E-state index in [1.54, 1.807) is 41.2 Å². The van der Waals surface area contributed by atoms with Gasteiger partial charge in [-0.15, -0.1) is 21.5 Å². The largest absolute Gasteiger partial charge is 0.508 e. The first kappa shape index (κ1) is 24.0. The Labute approximate surface area is 204 Å². The summed E-state index contributed by atoms with van der Waals surface area (Å²) in [5.41, 5.74) is 2.10. The summed E-state index contributed by atoms with van der Waals surface area (Å²) < 4.78 is 7.27. The molecule has 34 heavy (non-hydrogen) atoms. The number of hydrogen-bond acceptors (Lipinski definition) is 7. The number of fused-ring (bicyclic) bond motifs is 1. The van der Waals surface area contributed by atoms with E-state index in [-0.39, 0.29) is 11.2 Å². The SMILES string of the molecule is CCCCN(CC)c1ccc(/C=c2/c(C(C)(C)C)nn3c(-c4cc(O)ccc4OC)nnc23)s1. The van der Waals surface area contributed by atoms with E-state index in [1.165, 1.54) is 17.8 Å². The van der Waals surface area contributed by atoms with Crippen molar-refractivity contribution in [3.8, 4) is 22.9 Å². The van der Waals surface area contributed by atoms with Crippen LogP contribution < -0.4 is 14.9 Å². The van der Waals surface area contributed by atoms with Crippen molar-refractivity contribution in [2.24, 2.45) is 0 Å². The van der Waals surface area contributed by atoms with E-state index in [1.807, 2.05) is 0 Å². The molecule has 7 nitrogen and oxygen atoms in total. The number of phenols is 1. The summed E-state index contributed by atoms with van der Waals surface area (Å²) in [6, 6.07) is 9.31. The highest BCUT2D eigenvalue weighted by Gasteiger charge is 2.25. The summed E-state index contributed by atoms with van der Waals surface area (Å²) in [5, 5.41) is 26.2. The Kier molecular flexibility index (Phi) is 6.79. The summed E-state index contributed by atoms with van der Waals surface area (Å²) in [4.78, 5) is 3.59. The molecule has 1 N–H and O–H groups in total. The third-order valence-corrected chi connectivity index (χ3v) is 6.94. The molecule has 0 saturated heterocycles. The summed E-state index contributed by atoms with van der Waals surface area (Å²) in [6.45, 7) is 12.9. The number of ether oxygens (including phenoxy) is 1. The predicted molar refractivity (Wildman–Crippen MR) is 139 cm³/mol. The Balaban J connectivity index is 1.86. The lowest BCUT2D eigenvalue weighted by molar-refractivity contribution is 0.413. The molecular weight excluding hydrogens is 446 g/mol. The van der Waals surface area contributed by atoms with Crippen LogP contribution in [0.5, 0.6) is 11.5 Å². The van der Waals surface area contributed by atoms with Gasteiger partial charge in [0.25, 0.3) is 0 Å². The fourth-order valence-corrected chi connectivity index (χ4v) is 5.07. The smallest absolute Gasteiger partial charge is 0.189 e. The van der Waals surface area contributed by atoms with Crippen LogP contribution in [0.4, 0.5) is 5.00 Å². The van der Waals surface area contributed by atoms with E-state index in [9.17, 15) is 5.11 Å². The minimum atomic E-state index is -0.191. The standard InChI is InChI=1S/C26H33N5O2S/c1-7-9-14-30(8-2)22-13-11-18(34-22)16-20-23(26(3,4)5)29-31-24(27-28-25(20)31)19-15-17(32)10-12-21(19)33-6/h10-13,15-16,32H,7-9,14H2,1-6H3/b20-16-. The maximum Gasteiger partial charge on any atom is 0.189 e. The molecule has 0 aliphatic carbocycles. The molecule has 8 heteroatoms. The second-order valence-electron chi connectivity index (χ2n) is 9.41. The molecule has 180 valence electrons. The number of rotatable bonds is 8. The predicted octanol–water partition coefficient (Wildman–Crippen LogP) is 5.04. The van der Waals surface area contributed by atoms with E-state index >= 15 is 0 Å². The van der Waals surface area contributed by atoms with Gasteiger partial charge in [-0.3, -0.25) is 0 Å². The van der Waals surface area contributed by atoms with E-state index < -0.39 is 0 Å². The van der Waals surface area contributed by atoms with Gasteiger partial charge in [-0.2, -0.15) is 9.61 Å². The molecule has 4 aromatic rings. The second kappa shape index (κ2) is 9.62. The molecule has 0 atom stereocenters. The molecule has 0 unspecified atom stereocenters. The number of methoxy groups -OCH3 is 1. The summed E-state index contributed by atoms with van der Waals surface area (Å²) in [6.07, 6.45) is 4.54. The van der Waals surface area contributed by atoms with Gasteiger partial charge in [-0.1, -0.05) is 34.1 Å². The van der Waals surface area contributed by atoms with E-state index in [2.05, 4.69) is 67.9 Å². The van der Waals surface area contributed by atoms with Crippen molar-refractivity contribution >= 4 is 28.1 Å². The topological polar surface area (TPSA) is 75.8 Å². The highest BCUT2D eigenvalue weighted by Crippen LogP contribution is 2.32. The monoisotopic (exact) mass is 479 g/mol. The Morgan fingerprint density at radius 3 is 2.62 bits per heavy atom. The Bertz CT molecular complexity index is 1340. The zero-order valence-corrected chi connectivity index (χ0v) is 21.6. The van der Waals surface area contributed by atoms with Crippen LogP contribution in [0.15, 0.2) is 30.3 Å². The van der Waals surface area contributed by atoms with Gasteiger partial charge in [0.05, 0.1) is 23.4 Å². The molecule has 0 fully saturated rings. The summed E-state index contributed by atoms with van der Waals surface area (Å²) in [5.74, 6) is 1.28. The number of unbranched alkanes of at least 4 members (excludes halogenated alkanes) is 1. The third-order valence-electron chi connectivity index (χ3n) is 5.85. The lowest BCUT2D eigenvalue weighted by atomic mass is 9.91. The Hall–Kier alpha value is -3.13. The van der Waals surface area contributed by atoms with Crippen LogP contribution in [0, 0.1) is 0 Å². The first-order valence-corrected chi connectivity index (χ1v) is 12.6. The van der Waals surface area contributed by atoms with Crippen molar-refractivity contribution in [1.29, 1.82) is 0 Å². The zero-order chi connectivity index (χ0) is 24.5. The summed E-state index contributed by atoms with van der Waals surface area (Å²) >= 11 is 1.79. The van der Waals surface area contributed by atoms with Crippen molar-refractivity contribution in [3.05, 3.63) is 46.1 Å². The van der Waals surface area contributed by atoms with Crippen LogP contribution in [0.25, 0.3) is 23.1 Å².